The van der Waals surface area contributed by atoms with Crippen molar-refractivity contribution in [2.24, 2.45) is 0 Å². The van der Waals surface area contributed by atoms with Crippen molar-refractivity contribution in [2.45, 2.75) is 26.4 Å². The molecule has 0 bridgehead atoms. The first-order valence-corrected chi connectivity index (χ1v) is 9.81. The lowest BCUT2D eigenvalue weighted by molar-refractivity contribution is -0.123. The van der Waals surface area contributed by atoms with Gasteiger partial charge in [0.1, 0.15) is 6.54 Å². The number of carbonyl (C=O) groups excluding carboxylic acids is 2. The van der Waals surface area contributed by atoms with Crippen molar-refractivity contribution >= 4 is 22.7 Å². The highest BCUT2D eigenvalue weighted by Crippen LogP contribution is 2.07. The van der Waals surface area contributed by atoms with Crippen LogP contribution in [0.4, 0.5) is 0 Å². The average Bonchev–Trinajstić information content (AvgIpc) is 2.75. The summed E-state index contributed by atoms with van der Waals surface area (Å²) in [5.41, 5.74) is 0.447. The second-order valence-electron chi connectivity index (χ2n) is 6.80. The quantitative estimate of drug-likeness (QED) is 0.535. The van der Waals surface area contributed by atoms with Crippen molar-refractivity contribution < 1.29 is 9.59 Å². The molecule has 3 rings (SSSR count). The van der Waals surface area contributed by atoms with Crippen LogP contribution in [0.3, 0.4) is 0 Å². The Kier molecular flexibility index (Phi) is 6.79. The SMILES string of the molecule is CCn1c(=O)c2ccccc2n(CC(=O)NCCNC(=O)Cc2ccccc2)c1=O. The molecule has 2 aromatic carbocycles. The van der Waals surface area contributed by atoms with Crippen molar-refractivity contribution in [1.29, 1.82) is 0 Å². The number of aromatic nitrogens is 2. The number of para-hydroxylation sites is 1. The number of amides is 2. The lowest BCUT2D eigenvalue weighted by Crippen LogP contribution is -2.43. The largest absolute Gasteiger partial charge is 0.354 e. The molecule has 156 valence electrons. The summed E-state index contributed by atoms with van der Waals surface area (Å²) in [6.45, 7) is 2.23. The van der Waals surface area contributed by atoms with E-state index in [0.29, 0.717) is 10.9 Å². The van der Waals surface area contributed by atoms with Crippen LogP contribution in [0.25, 0.3) is 10.9 Å². The van der Waals surface area contributed by atoms with Gasteiger partial charge in [-0.05, 0) is 24.6 Å². The molecule has 0 unspecified atom stereocenters. The van der Waals surface area contributed by atoms with Crippen LogP contribution >= 0.6 is 0 Å². The first-order chi connectivity index (χ1) is 14.5. The number of hydrogen-bond donors (Lipinski definition) is 2. The molecule has 0 saturated carbocycles. The van der Waals surface area contributed by atoms with Crippen LogP contribution in [0.1, 0.15) is 12.5 Å². The Balaban J connectivity index is 1.59. The Morgan fingerprint density at radius 3 is 2.17 bits per heavy atom. The number of nitrogens with zero attached hydrogens (tertiary/aromatic N) is 2. The molecular weight excluding hydrogens is 384 g/mol. The zero-order chi connectivity index (χ0) is 21.5. The Morgan fingerprint density at radius 2 is 1.47 bits per heavy atom. The van der Waals surface area contributed by atoms with E-state index in [0.717, 1.165) is 10.1 Å². The van der Waals surface area contributed by atoms with E-state index in [1.807, 2.05) is 30.3 Å². The molecule has 8 nitrogen and oxygen atoms in total. The molecule has 0 atom stereocenters. The van der Waals surface area contributed by atoms with Gasteiger partial charge >= 0.3 is 5.69 Å². The number of fused-ring (bicyclic) bond motifs is 1. The van der Waals surface area contributed by atoms with Crippen LogP contribution in [0.2, 0.25) is 0 Å². The van der Waals surface area contributed by atoms with E-state index in [1.54, 1.807) is 31.2 Å². The Labute approximate surface area is 173 Å². The van der Waals surface area contributed by atoms with Crippen molar-refractivity contribution in [3.8, 4) is 0 Å². The van der Waals surface area contributed by atoms with E-state index in [9.17, 15) is 19.2 Å². The maximum atomic E-state index is 12.7. The molecule has 0 radical (unpaired) electrons. The third-order valence-corrected chi connectivity index (χ3v) is 4.73. The van der Waals surface area contributed by atoms with Gasteiger partial charge < -0.3 is 10.6 Å². The summed E-state index contributed by atoms with van der Waals surface area (Å²) in [7, 11) is 0. The van der Waals surface area contributed by atoms with E-state index in [1.165, 1.54) is 4.57 Å². The third kappa shape index (κ3) is 4.83. The molecule has 0 aliphatic heterocycles. The average molecular weight is 408 g/mol. The van der Waals surface area contributed by atoms with Gasteiger partial charge in [0.2, 0.25) is 11.8 Å². The van der Waals surface area contributed by atoms with Crippen LogP contribution in [-0.2, 0) is 29.1 Å². The minimum Gasteiger partial charge on any atom is -0.354 e. The van der Waals surface area contributed by atoms with Gasteiger partial charge in [0.05, 0.1) is 17.3 Å². The van der Waals surface area contributed by atoms with Crippen molar-refractivity contribution in [2.75, 3.05) is 13.1 Å². The fraction of sp³-hybridized carbons (Fsp3) is 0.273. The third-order valence-electron chi connectivity index (χ3n) is 4.73. The lowest BCUT2D eigenvalue weighted by atomic mass is 10.1. The Bertz CT molecular complexity index is 1170. The first-order valence-electron chi connectivity index (χ1n) is 9.81. The molecule has 2 N–H and O–H groups in total. The highest BCUT2D eigenvalue weighted by molar-refractivity contribution is 5.82. The van der Waals surface area contributed by atoms with Crippen molar-refractivity contribution in [3.05, 3.63) is 81.0 Å². The topological polar surface area (TPSA) is 102 Å². The van der Waals surface area contributed by atoms with Gasteiger partial charge in [0.15, 0.2) is 0 Å². The maximum absolute atomic E-state index is 12.7. The Morgan fingerprint density at radius 1 is 0.833 bits per heavy atom. The Hall–Kier alpha value is -3.68. The number of benzene rings is 2. The van der Waals surface area contributed by atoms with Gasteiger partial charge in [-0.2, -0.15) is 0 Å². The van der Waals surface area contributed by atoms with E-state index in [4.69, 9.17) is 0 Å². The summed E-state index contributed by atoms with van der Waals surface area (Å²) in [6.07, 6.45) is 0.273. The number of nitrogens with one attached hydrogen (secondary N) is 2. The van der Waals surface area contributed by atoms with Crippen LogP contribution in [-0.4, -0.2) is 34.0 Å². The highest BCUT2D eigenvalue weighted by Gasteiger charge is 2.14. The van der Waals surface area contributed by atoms with Crippen LogP contribution in [0.15, 0.2) is 64.2 Å². The summed E-state index contributed by atoms with van der Waals surface area (Å²) in [6, 6.07) is 16.1. The van der Waals surface area contributed by atoms with Gasteiger partial charge in [0.25, 0.3) is 5.56 Å². The maximum Gasteiger partial charge on any atom is 0.331 e. The van der Waals surface area contributed by atoms with Crippen LogP contribution in [0, 0.1) is 0 Å². The monoisotopic (exact) mass is 408 g/mol. The summed E-state index contributed by atoms with van der Waals surface area (Å²) < 4.78 is 2.41. The predicted octanol–water partition coefficient (Wildman–Crippen LogP) is 0.658. The van der Waals surface area contributed by atoms with E-state index < -0.39 is 5.69 Å². The molecule has 0 spiro atoms. The van der Waals surface area contributed by atoms with Gasteiger partial charge in [-0.1, -0.05) is 42.5 Å². The normalized spacial score (nSPS) is 10.7. The molecule has 0 fully saturated rings. The van der Waals surface area contributed by atoms with Crippen LogP contribution < -0.4 is 21.9 Å². The standard InChI is InChI=1S/C22H24N4O4/c1-2-25-21(29)17-10-6-7-11-18(17)26(22(25)30)15-20(28)24-13-12-23-19(27)14-16-8-4-3-5-9-16/h3-11H,2,12-15H2,1H3,(H,23,27)(H,24,28). The molecule has 0 aliphatic carbocycles. The van der Waals surface area contributed by atoms with E-state index >= 15 is 0 Å². The van der Waals surface area contributed by atoms with E-state index in [-0.39, 0.29) is 50.0 Å². The molecular formula is C22H24N4O4. The summed E-state index contributed by atoms with van der Waals surface area (Å²) in [5.74, 6) is -0.506. The molecule has 1 heterocycles. The lowest BCUT2D eigenvalue weighted by Gasteiger charge is -2.13. The second kappa shape index (κ2) is 9.69. The number of rotatable bonds is 8. The minimum atomic E-state index is -0.521. The van der Waals surface area contributed by atoms with Gasteiger partial charge in [0, 0.05) is 19.6 Å². The van der Waals surface area contributed by atoms with Gasteiger partial charge in [-0.15, -0.1) is 0 Å². The smallest absolute Gasteiger partial charge is 0.331 e. The summed E-state index contributed by atoms with van der Waals surface area (Å²) in [4.78, 5) is 49.4. The molecule has 0 saturated heterocycles. The van der Waals surface area contributed by atoms with Crippen LogP contribution in [0.5, 0.6) is 0 Å². The molecule has 1 aromatic heterocycles. The fourth-order valence-electron chi connectivity index (χ4n) is 3.25. The van der Waals surface area contributed by atoms with Gasteiger partial charge in [-0.25, -0.2) is 4.79 Å². The fourth-order valence-corrected chi connectivity index (χ4v) is 3.25. The molecule has 30 heavy (non-hydrogen) atoms. The number of hydrogen-bond acceptors (Lipinski definition) is 4. The van der Waals surface area contributed by atoms with Crippen molar-refractivity contribution in [1.82, 2.24) is 19.8 Å². The zero-order valence-corrected chi connectivity index (χ0v) is 16.8. The second-order valence-corrected chi connectivity index (χ2v) is 6.80. The number of carbonyl (C=O) groups is 2. The molecule has 0 aliphatic rings. The van der Waals surface area contributed by atoms with E-state index in [2.05, 4.69) is 10.6 Å². The molecule has 8 heteroatoms. The highest BCUT2D eigenvalue weighted by atomic mass is 16.2. The minimum absolute atomic E-state index is 0.132. The molecule has 3 aromatic rings. The first kappa shape index (κ1) is 21.0. The van der Waals surface area contributed by atoms with Crippen molar-refractivity contribution in [3.63, 3.8) is 0 Å². The molecule has 2 amide bonds. The predicted molar refractivity (Wildman–Crippen MR) is 114 cm³/mol. The summed E-state index contributed by atoms with van der Waals surface area (Å²) >= 11 is 0. The van der Waals surface area contributed by atoms with Gasteiger partial charge in [-0.3, -0.25) is 23.5 Å². The summed E-state index contributed by atoms with van der Waals surface area (Å²) in [5, 5.41) is 5.83. The zero-order valence-electron chi connectivity index (χ0n) is 16.8.